The Balaban J connectivity index is 3.52. The van der Waals surface area contributed by atoms with E-state index in [1.165, 1.54) is 0 Å². The van der Waals surface area contributed by atoms with Gasteiger partial charge >= 0.3 is 0 Å². The highest BCUT2D eigenvalue weighted by Crippen LogP contribution is 2.29. The van der Waals surface area contributed by atoms with Crippen molar-refractivity contribution in [3.63, 3.8) is 0 Å². The SMILES string of the molecule is Cc1c(F)c(F)c(C(C)OO)c(F)c1F. The van der Waals surface area contributed by atoms with Crippen molar-refractivity contribution in [1.29, 1.82) is 0 Å². The summed E-state index contributed by atoms with van der Waals surface area (Å²) in [5.41, 5.74) is -1.73. The second kappa shape index (κ2) is 4.16. The summed E-state index contributed by atoms with van der Waals surface area (Å²) < 4.78 is 52.4. The fourth-order valence-corrected chi connectivity index (χ4v) is 1.17. The van der Waals surface area contributed by atoms with E-state index in [9.17, 15) is 17.6 Å². The van der Waals surface area contributed by atoms with Gasteiger partial charge in [-0.3, -0.25) is 5.26 Å². The highest BCUT2D eigenvalue weighted by Gasteiger charge is 2.26. The summed E-state index contributed by atoms with van der Waals surface area (Å²) >= 11 is 0. The second-order valence-corrected chi connectivity index (χ2v) is 3.04. The third-order valence-corrected chi connectivity index (χ3v) is 2.08. The maximum absolute atomic E-state index is 13.2. The minimum atomic E-state index is -1.56. The molecule has 2 nitrogen and oxygen atoms in total. The summed E-state index contributed by atoms with van der Waals surface area (Å²) in [6.45, 7) is 1.96. The predicted molar refractivity (Wildman–Crippen MR) is 43.1 cm³/mol. The summed E-state index contributed by atoms with van der Waals surface area (Å²) in [5, 5.41) is 8.21. The van der Waals surface area contributed by atoms with Gasteiger partial charge in [0.2, 0.25) is 0 Å². The molecule has 1 aromatic carbocycles. The lowest BCUT2D eigenvalue weighted by Gasteiger charge is -2.13. The van der Waals surface area contributed by atoms with Crippen LogP contribution in [-0.4, -0.2) is 5.26 Å². The first-order chi connectivity index (χ1) is 6.91. The van der Waals surface area contributed by atoms with Crippen molar-refractivity contribution in [2.75, 3.05) is 0 Å². The van der Waals surface area contributed by atoms with Crippen LogP contribution in [0, 0.1) is 30.2 Å². The van der Waals surface area contributed by atoms with E-state index in [-0.39, 0.29) is 0 Å². The van der Waals surface area contributed by atoms with Gasteiger partial charge in [-0.25, -0.2) is 22.4 Å². The van der Waals surface area contributed by atoms with E-state index in [1.807, 2.05) is 0 Å². The lowest BCUT2D eigenvalue weighted by molar-refractivity contribution is -0.278. The van der Waals surface area contributed by atoms with Crippen molar-refractivity contribution in [1.82, 2.24) is 0 Å². The summed E-state index contributed by atoms with van der Waals surface area (Å²) in [6, 6.07) is 0. The smallest absolute Gasteiger partial charge is 0.168 e. The summed E-state index contributed by atoms with van der Waals surface area (Å²) in [5.74, 6) is -6.11. The Morgan fingerprint density at radius 3 is 1.73 bits per heavy atom. The van der Waals surface area contributed by atoms with Crippen LogP contribution in [0.1, 0.15) is 24.2 Å². The molecular formula is C9H8F4O2. The Morgan fingerprint density at radius 1 is 1.00 bits per heavy atom. The first kappa shape index (κ1) is 11.9. The van der Waals surface area contributed by atoms with Gasteiger partial charge in [0.05, 0.1) is 5.56 Å². The Bertz CT molecular complexity index is 363. The maximum atomic E-state index is 13.2. The van der Waals surface area contributed by atoms with Gasteiger partial charge in [-0.1, -0.05) is 0 Å². The molecule has 1 aromatic rings. The molecule has 0 bridgehead atoms. The van der Waals surface area contributed by atoms with Crippen LogP contribution in [0.15, 0.2) is 0 Å². The van der Waals surface area contributed by atoms with E-state index < -0.39 is 40.5 Å². The van der Waals surface area contributed by atoms with Crippen LogP contribution in [0.3, 0.4) is 0 Å². The Morgan fingerprint density at radius 2 is 1.40 bits per heavy atom. The largest absolute Gasteiger partial charge is 0.251 e. The molecule has 6 heteroatoms. The van der Waals surface area contributed by atoms with E-state index in [0.717, 1.165) is 13.8 Å². The van der Waals surface area contributed by atoms with Crippen molar-refractivity contribution in [2.45, 2.75) is 20.0 Å². The molecule has 15 heavy (non-hydrogen) atoms. The van der Waals surface area contributed by atoms with Gasteiger partial charge in [0.1, 0.15) is 6.10 Å². The normalized spacial score (nSPS) is 13.0. The molecule has 1 rings (SSSR count). The predicted octanol–water partition coefficient (Wildman–Crippen LogP) is 3.10. The van der Waals surface area contributed by atoms with Crippen LogP contribution >= 0.6 is 0 Å². The molecule has 0 saturated heterocycles. The number of benzene rings is 1. The highest BCUT2D eigenvalue weighted by atomic mass is 19.2. The van der Waals surface area contributed by atoms with Crippen LogP contribution in [0.5, 0.6) is 0 Å². The van der Waals surface area contributed by atoms with Gasteiger partial charge in [0, 0.05) is 5.56 Å². The summed E-state index contributed by atoms with van der Waals surface area (Å²) in [4.78, 5) is 3.63. The minimum Gasteiger partial charge on any atom is -0.251 e. The summed E-state index contributed by atoms with van der Waals surface area (Å²) in [6.07, 6.45) is -1.49. The molecule has 0 radical (unpaired) electrons. The molecule has 0 aliphatic rings. The molecule has 0 heterocycles. The number of halogens is 4. The van der Waals surface area contributed by atoms with E-state index in [2.05, 4.69) is 4.89 Å². The fraction of sp³-hybridized carbons (Fsp3) is 0.333. The van der Waals surface area contributed by atoms with Crippen LogP contribution in [-0.2, 0) is 4.89 Å². The molecule has 0 aromatic heterocycles. The van der Waals surface area contributed by atoms with Crippen LogP contribution in [0.2, 0.25) is 0 Å². The third kappa shape index (κ3) is 1.82. The lowest BCUT2D eigenvalue weighted by atomic mass is 10.1. The Kier molecular flexibility index (Phi) is 3.31. The lowest BCUT2D eigenvalue weighted by Crippen LogP contribution is -2.10. The Labute approximate surface area is 83.0 Å². The molecule has 0 aliphatic heterocycles. The van der Waals surface area contributed by atoms with Crippen molar-refractivity contribution in [3.8, 4) is 0 Å². The van der Waals surface area contributed by atoms with Crippen LogP contribution in [0.25, 0.3) is 0 Å². The average molecular weight is 224 g/mol. The fourth-order valence-electron chi connectivity index (χ4n) is 1.17. The monoisotopic (exact) mass is 224 g/mol. The van der Waals surface area contributed by atoms with Crippen molar-refractivity contribution >= 4 is 0 Å². The van der Waals surface area contributed by atoms with Gasteiger partial charge in [0.15, 0.2) is 23.3 Å². The zero-order valence-corrected chi connectivity index (χ0v) is 7.94. The van der Waals surface area contributed by atoms with E-state index in [0.29, 0.717) is 0 Å². The molecule has 1 atom stereocenters. The third-order valence-electron chi connectivity index (χ3n) is 2.08. The molecular weight excluding hydrogens is 216 g/mol. The van der Waals surface area contributed by atoms with Gasteiger partial charge in [-0.05, 0) is 13.8 Å². The van der Waals surface area contributed by atoms with Gasteiger partial charge in [-0.2, -0.15) is 0 Å². The minimum absolute atomic E-state index is 0.751. The van der Waals surface area contributed by atoms with Crippen molar-refractivity contribution in [2.24, 2.45) is 0 Å². The van der Waals surface area contributed by atoms with Crippen molar-refractivity contribution < 1.29 is 27.7 Å². The second-order valence-electron chi connectivity index (χ2n) is 3.04. The van der Waals surface area contributed by atoms with E-state index in [4.69, 9.17) is 5.26 Å². The molecule has 0 aliphatic carbocycles. The number of hydrogen-bond donors (Lipinski definition) is 1. The van der Waals surface area contributed by atoms with Crippen molar-refractivity contribution in [3.05, 3.63) is 34.4 Å². The first-order valence-corrected chi connectivity index (χ1v) is 4.04. The van der Waals surface area contributed by atoms with E-state index in [1.54, 1.807) is 0 Å². The standard InChI is InChI=1S/C9H8F4O2/c1-3-6(10)8(12)5(4(2)15-14)9(13)7(3)11/h4,14H,1-2H3. The molecule has 1 N–H and O–H groups in total. The molecule has 0 amide bonds. The highest BCUT2D eigenvalue weighted by molar-refractivity contribution is 5.30. The average Bonchev–Trinajstić information content (AvgIpc) is 2.23. The number of hydrogen-bond acceptors (Lipinski definition) is 2. The Hall–Kier alpha value is -1.14. The van der Waals surface area contributed by atoms with Gasteiger partial charge in [0.25, 0.3) is 0 Å². The van der Waals surface area contributed by atoms with Crippen LogP contribution < -0.4 is 0 Å². The topological polar surface area (TPSA) is 29.5 Å². The zero-order valence-electron chi connectivity index (χ0n) is 7.94. The molecule has 0 saturated carbocycles. The molecule has 1 unspecified atom stereocenters. The molecule has 0 fully saturated rings. The van der Waals surface area contributed by atoms with Gasteiger partial charge < -0.3 is 0 Å². The van der Waals surface area contributed by atoms with Gasteiger partial charge in [-0.15, -0.1) is 0 Å². The van der Waals surface area contributed by atoms with Crippen LogP contribution in [0.4, 0.5) is 17.6 Å². The summed E-state index contributed by atoms with van der Waals surface area (Å²) in [7, 11) is 0. The van der Waals surface area contributed by atoms with E-state index >= 15 is 0 Å². The first-order valence-electron chi connectivity index (χ1n) is 4.04. The quantitative estimate of drug-likeness (QED) is 0.362. The molecule has 84 valence electrons. The maximum Gasteiger partial charge on any atom is 0.168 e. The zero-order chi connectivity index (χ0) is 11.7. The molecule has 0 spiro atoms. The number of rotatable bonds is 2.